The van der Waals surface area contributed by atoms with E-state index in [2.05, 4.69) is 15.5 Å². The number of carbonyl (C=O) groups is 2. The third kappa shape index (κ3) is 6.02. The topological polar surface area (TPSA) is 98.0 Å². The second-order valence-electron chi connectivity index (χ2n) is 4.39. The van der Waals surface area contributed by atoms with Crippen molar-refractivity contribution in [2.45, 2.75) is 15.6 Å². The standard InChI is InChI=1S/C13H13ClN4O2S3/c1-7-2-3-8(4-9(7)14)16-11(20)6-22-13-18-17-12(23-13)21-5-10(15)19/h2-4H,5-6H2,1H3,(H2,15,19)(H,16,20). The molecule has 0 spiro atoms. The van der Waals surface area contributed by atoms with Crippen LogP contribution in [0.25, 0.3) is 0 Å². The predicted octanol–water partition coefficient (Wildman–Crippen LogP) is 2.81. The minimum Gasteiger partial charge on any atom is -0.369 e. The van der Waals surface area contributed by atoms with E-state index in [1.165, 1.54) is 34.9 Å². The van der Waals surface area contributed by atoms with Crippen molar-refractivity contribution >= 4 is 64.0 Å². The number of rotatable bonds is 7. The summed E-state index contributed by atoms with van der Waals surface area (Å²) in [7, 11) is 0. The summed E-state index contributed by atoms with van der Waals surface area (Å²) in [4.78, 5) is 22.6. The Morgan fingerprint density at radius 1 is 1.26 bits per heavy atom. The number of benzene rings is 1. The Hall–Kier alpha value is -1.29. The molecule has 0 saturated carbocycles. The van der Waals surface area contributed by atoms with Gasteiger partial charge in [0.25, 0.3) is 0 Å². The van der Waals surface area contributed by atoms with Crippen molar-refractivity contribution in [3.05, 3.63) is 28.8 Å². The number of amides is 2. The first kappa shape index (κ1) is 18.1. The zero-order valence-electron chi connectivity index (χ0n) is 12.0. The number of aryl methyl sites for hydroxylation is 1. The first-order valence-corrected chi connectivity index (χ1v) is 9.54. The Morgan fingerprint density at radius 2 is 1.91 bits per heavy atom. The molecule has 122 valence electrons. The predicted molar refractivity (Wildman–Crippen MR) is 95.4 cm³/mol. The molecule has 1 aromatic carbocycles. The maximum absolute atomic E-state index is 11.9. The molecule has 0 atom stereocenters. The van der Waals surface area contributed by atoms with Crippen LogP contribution in [0.15, 0.2) is 26.9 Å². The largest absolute Gasteiger partial charge is 0.369 e. The Labute approximate surface area is 150 Å². The number of carbonyl (C=O) groups excluding carboxylic acids is 2. The fourth-order valence-corrected chi connectivity index (χ4v) is 4.18. The number of thioether (sulfide) groups is 2. The van der Waals surface area contributed by atoms with Crippen molar-refractivity contribution < 1.29 is 9.59 Å². The second kappa shape index (κ2) is 8.53. The molecule has 23 heavy (non-hydrogen) atoms. The summed E-state index contributed by atoms with van der Waals surface area (Å²) in [6, 6.07) is 5.36. The highest BCUT2D eigenvalue weighted by molar-refractivity contribution is 8.03. The Morgan fingerprint density at radius 3 is 2.52 bits per heavy atom. The first-order chi connectivity index (χ1) is 10.9. The SMILES string of the molecule is Cc1ccc(NC(=O)CSc2nnc(SCC(N)=O)s2)cc1Cl. The van der Waals surface area contributed by atoms with Gasteiger partial charge >= 0.3 is 0 Å². The molecule has 1 heterocycles. The van der Waals surface area contributed by atoms with Crippen LogP contribution in [0.2, 0.25) is 5.02 Å². The van der Waals surface area contributed by atoms with Crippen LogP contribution in [-0.2, 0) is 9.59 Å². The zero-order valence-corrected chi connectivity index (χ0v) is 15.2. The van der Waals surface area contributed by atoms with E-state index in [1.54, 1.807) is 12.1 Å². The summed E-state index contributed by atoms with van der Waals surface area (Å²) in [5.41, 5.74) is 6.67. The number of nitrogens with zero attached hydrogens (tertiary/aromatic N) is 2. The number of anilines is 1. The van der Waals surface area contributed by atoms with Gasteiger partial charge in [-0.1, -0.05) is 52.5 Å². The molecule has 2 amide bonds. The van der Waals surface area contributed by atoms with Crippen molar-refractivity contribution in [1.29, 1.82) is 0 Å². The van der Waals surface area contributed by atoms with Crippen LogP contribution >= 0.6 is 46.5 Å². The molecule has 0 aliphatic rings. The van der Waals surface area contributed by atoms with Gasteiger partial charge in [0.1, 0.15) is 0 Å². The molecule has 0 radical (unpaired) electrons. The number of nitrogens with two attached hydrogens (primary N) is 1. The molecule has 0 fully saturated rings. The van der Waals surface area contributed by atoms with Crippen LogP contribution in [-0.4, -0.2) is 33.5 Å². The van der Waals surface area contributed by atoms with Crippen molar-refractivity contribution in [2.75, 3.05) is 16.8 Å². The number of nitrogens with one attached hydrogen (secondary N) is 1. The average Bonchev–Trinajstić information content (AvgIpc) is 2.95. The molecule has 2 aromatic rings. The number of aromatic nitrogens is 2. The Kier molecular flexibility index (Phi) is 6.70. The summed E-state index contributed by atoms with van der Waals surface area (Å²) >= 11 is 9.85. The maximum atomic E-state index is 11.9. The lowest BCUT2D eigenvalue weighted by Crippen LogP contribution is -2.13. The molecule has 3 N–H and O–H groups in total. The lowest BCUT2D eigenvalue weighted by molar-refractivity contribution is -0.115. The highest BCUT2D eigenvalue weighted by Gasteiger charge is 2.10. The van der Waals surface area contributed by atoms with Gasteiger partial charge < -0.3 is 11.1 Å². The number of hydrogen-bond donors (Lipinski definition) is 2. The fourth-order valence-electron chi connectivity index (χ4n) is 1.44. The van der Waals surface area contributed by atoms with Crippen molar-refractivity contribution in [2.24, 2.45) is 5.73 Å². The normalized spacial score (nSPS) is 10.5. The molecule has 2 rings (SSSR count). The van der Waals surface area contributed by atoms with E-state index in [0.717, 1.165) is 5.56 Å². The minimum absolute atomic E-state index is 0.156. The van der Waals surface area contributed by atoms with E-state index in [9.17, 15) is 9.59 Å². The summed E-state index contributed by atoms with van der Waals surface area (Å²) in [5.74, 6) is -0.193. The second-order valence-corrected chi connectivity index (χ2v) is 8.22. The van der Waals surface area contributed by atoms with E-state index in [4.69, 9.17) is 17.3 Å². The van der Waals surface area contributed by atoms with E-state index in [1.807, 2.05) is 13.0 Å². The van der Waals surface area contributed by atoms with Crippen LogP contribution < -0.4 is 11.1 Å². The van der Waals surface area contributed by atoms with Crippen molar-refractivity contribution in [3.8, 4) is 0 Å². The molecule has 0 unspecified atom stereocenters. The van der Waals surface area contributed by atoms with Gasteiger partial charge in [-0.15, -0.1) is 10.2 Å². The smallest absolute Gasteiger partial charge is 0.234 e. The highest BCUT2D eigenvalue weighted by atomic mass is 35.5. The van der Waals surface area contributed by atoms with Crippen LogP contribution in [0.1, 0.15) is 5.56 Å². The lowest BCUT2D eigenvalue weighted by Gasteiger charge is -2.05. The monoisotopic (exact) mass is 388 g/mol. The number of hydrogen-bond acceptors (Lipinski definition) is 7. The quantitative estimate of drug-likeness (QED) is 0.707. The van der Waals surface area contributed by atoms with Crippen LogP contribution in [0.5, 0.6) is 0 Å². The fraction of sp³-hybridized carbons (Fsp3) is 0.231. The molecular formula is C13H13ClN4O2S3. The van der Waals surface area contributed by atoms with Gasteiger partial charge in [-0.05, 0) is 24.6 Å². The van der Waals surface area contributed by atoms with Gasteiger partial charge in [0.15, 0.2) is 8.68 Å². The molecule has 0 aliphatic carbocycles. The molecule has 10 heteroatoms. The summed E-state index contributed by atoms with van der Waals surface area (Å²) in [6.07, 6.45) is 0. The van der Waals surface area contributed by atoms with E-state index in [-0.39, 0.29) is 17.4 Å². The summed E-state index contributed by atoms with van der Waals surface area (Å²) in [5, 5.41) is 11.3. The number of primary amides is 1. The van der Waals surface area contributed by atoms with Gasteiger partial charge in [-0.2, -0.15) is 0 Å². The number of halogens is 1. The molecule has 0 bridgehead atoms. The van der Waals surface area contributed by atoms with E-state index >= 15 is 0 Å². The van der Waals surface area contributed by atoms with Crippen LogP contribution in [0.3, 0.4) is 0 Å². The minimum atomic E-state index is -0.407. The Bertz CT molecular complexity index is 723. The third-order valence-electron chi connectivity index (χ3n) is 2.51. The Balaban J connectivity index is 1.82. The van der Waals surface area contributed by atoms with Gasteiger partial charge in [-0.3, -0.25) is 9.59 Å². The van der Waals surface area contributed by atoms with Gasteiger partial charge in [0.2, 0.25) is 11.8 Å². The average molecular weight is 389 g/mol. The maximum Gasteiger partial charge on any atom is 0.234 e. The first-order valence-electron chi connectivity index (χ1n) is 6.37. The highest BCUT2D eigenvalue weighted by Crippen LogP contribution is 2.28. The van der Waals surface area contributed by atoms with Crippen molar-refractivity contribution in [1.82, 2.24) is 10.2 Å². The summed E-state index contributed by atoms with van der Waals surface area (Å²) < 4.78 is 1.31. The van der Waals surface area contributed by atoms with Gasteiger partial charge in [0, 0.05) is 10.7 Å². The van der Waals surface area contributed by atoms with Crippen LogP contribution in [0.4, 0.5) is 5.69 Å². The van der Waals surface area contributed by atoms with Crippen molar-refractivity contribution in [3.63, 3.8) is 0 Å². The molecule has 6 nitrogen and oxygen atoms in total. The molecular weight excluding hydrogens is 376 g/mol. The zero-order chi connectivity index (χ0) is 16.8. The van der Waals surface area contributed by atoms with E-state index in [0.29, 0.717) is 19.4 Å². The molecule has 1 aromatic heterocycles. The third-order valence-corrected chi connectivity index (χ3v) is 6.13. The lowest BCUT2D eigenvalue weighted by atomic mass is 10.2. The van der Waals surface area contributed by atoms with E-state index < -0.39 is 5.91 Å². The molecule has 0 aliphatic heterocycles. The summed E-state index contributed by atoms with van der Waals surface area (Å²) in [6.45, 7) is 1.90. The van der Waals surface area contributed by atoms with Gasteiger partial charge in [-0.25, -0.2) is 0 Å². The van der Waals surface area contributed by atoms with Crippen LogP contribution in [0, 0.1) is 6.92 Å². The molecule has 0 saturated heterocycles. The van der Waals surface area contributed by atoms with Gasteiger partial charge in [0.05, 0.1) is 11.5 Å².